The molecule has 1 fully saturated rings. The van der Waals surface area contributed by atoms with Gasteiger partial charge in [-0.25, -0.2) is 4.98 Å². The van der Waals surface area contributed by atoms with Crippen LogP contribution in [0.3, 0.4) is 0 Å². The molecule has 1 atom stereocenters. The summed E-state index contributed by atoms with van der Waals surface area (Å²) < 4.78 is 49.1. The molecule has 1 unspecified atom stereocenters. The van der Waals surface area contributed by atoms with Gasteiger partial charge >= 0.3 is 6.18 Å². The van der Waals surface area contributed by atoms with Gasteiger partial charge in [0.05, 0.1) is 30.8 Å². The van der Waals surface area contributed by atoms with Crippen molar-refractivity contribution in [1.29, 1.82) is 0 Å². The van der Waals surface area contributed by atoms with Gasteiger partial charge in [0.25, 0.3) is 0 Å². The predicted molar refractivity (Wildman–Crippen MR) is 115 cm³/mol. The van der Waals surface area contributed by atoms with Crippen LogP contribution in [-0.2, 0) is 11.0 Å². The van der Waals surface area contributed by atoms with E-state index < -0.39 is 11.7 Å². The van der Waals surface area contributed by atoms with Crippen LogP contribution in [0.2, 0.25) is 5.02 Å². The molecular weight excluding hydrogens is 447 g/mol. The van der Waals surface area contributed by atoms with Gasteiger partial charge in [-0.1, -0.05) is 11.6 Å². The number of nitrogens with one attached hydrogen (secondary N) is 1. The standard InChI is InChI=1S/C22H25ClF3N3O3/c1-13(17-5-4-16(31-2)11-19(17)32-3)28-21(30)14-6-8-29(9-7-14)20-18(23)10-15(12-27-20)22(24,25)26/h4-5,10-14H,6-9H2,1-3H3,(H,28,30). The molecule has 2 heterocycles. The van der Waals surface area contributed by atoms with E-state index >= 15 is 0 Å². The lowest BCUT2D eigenvalue weighted by atomic mass is 9.95. The first-order valence-electron chi connectivity index (χ1n) is 10.1. The Kier molecular flexibility index (Phi) is 7.38. The van der Waals surface area contributed by atoms with Gasteiger partial charge < -0.3 is 19.7 Å². The topological polar surface area (TPSA) is 63.7 Å². The summed E-state index contributed by atoms with van der Waals surface area (Å²) in [6, 6.07) is 6.03. The molecule has 1 aromatic heterocycles. The maximum atomic E-state index is 12.8. The van der Waals surface area contributed by atoms with E-state index in [4.69, 9.17) is 21.1 Å². The van der Waals surface area contributed by atoms with Crippen molar-refractivity contribution < 1.29 is 27.4 Å². The molecule has 1 aromatic carbocycles. The Morgan fingerprint density at radius 3 is 2.47 bits per heavy atom. The van der Waals surface area contributed by atoms with E-state index in [1.165, 1.54) is 0 Å². The van der Waals surface area contributed by atoms with Gasteiger partial charge in [0.15, 0.2) is 0 Å². The molecule has 0 saturated carbocycles. The molecule has 6 nitrogen and oxygen atoms in total. The van der Waals surface area contributed by atoms with Gasteiger partial charge in [0.2, 0.25) is 5.91 Å². The van der Waals surface area contributed by atoms with Gasteiger partial charge in [0, 0.05) is 36.8 Å². The number of anilines is 1. The third kappa shape index (κ3) is 5.38. The average molecular weight is 472 g/mol. The lowest BCUT2D eigenvalue weighted by molar-refractivity contribution is -0.137. The summed E-state index contributed by atoms with van der Waals surface area (Å²) >= 11 is 6.05. The van der Waals surface area contributed by atoms with Crippen molar-refractivity contribution in [2.45, 2.75) is 32.0 Å². The summed E-state index contributed by atoms with van der Waals surface area (Å²) in [5.74, 6) is 1.28. The van der Waals surface area contributed by atoms with E-state index in [9.17, 15) is 18.0 Å². The van der Waals surface area contributed by atoms with Gasteiger partial charge in [-0.3, -0.25) is 4.79 Å². The summed E-state index contributed by atoms with van der Waals surface area (Å²) in [5, 5.41) is 2.97. The van der Waals surface area contributed by atoms with Gasteiger partial charge in [0.1, 0.15) is 17.3 Å². The Bertz CT molecular complexity index is 963. The summed E-state index contributed by atoms with van der Waals surface area (Å²) in [6.45, 7) is 2.82. The fraction of sp³-hybridized carbons (Fsp3) is 0.455. The van der Waals surface area contributed by atoms with Crippen LogP contribution in [0.25, 0.3) is 0 Å². The van der Waals surface area contributed by atoms with Crippen LogP contribution in [0, 0.1) is 5.92 Å². The third-order valence-corrected chi connectivity index (χ3v) is 5.86. The highest BCUT2D eigenvalue weighted by Gasteiger charge is 2.33. The molecule has 32 heavy (non-hydrogen) atoms. The van der Waals surface area contributed by atoms with Crippen molar-refractivity contribution in [3.63, 3.8) is 0 Å². The second-order valence-corrected chi connectivity index (χ2v) is 8.03. The van der Waals surface area contributed by atoms with E-state index in [1.807, 2.05) is 17.9 Å². The normalized spacial score (nSPS) is 15.9. The number of piperidine rings is 1. The zero-order chi connectivity index (χ0) is 23.5. The molecule has 10 heteroatoms. The fourth-order valence-electron chi connectivity index (χ4n) is 3.76. The minimum absolute atomic E-state index is 0.0528. The first-order valence-corrected chi connectivity index (χ1v) is 10.5. The van der Waals surface area contributed by atoms with Crippen molar-refractivity contribution in [2.24, 2.45) is 5.92 Å². The van der Waals surface area contributed by atoms with E-state index in [1.54, 1.807) is 26.4 Å². The number of methoxy groups -OCH3 is 2. The highest BCUT2D eigenvalue weighted by molar-refractivity contribution is 6.33. The number of nitrogens with zero attached hydrogens (tertiary/aromatic N) is 2. The zero-order valence-electron chi connectivity index (χ0n) is 18.0. The third-order valence-electron chi connectivity index (χ3n) is 5.58. The maximum absolute atomic E-state index is 12.8. The Labute approximate surface area is 189 Å². The summed E-state index contributed by atoms with van der Waals surface area (Å²) in [4.78, 5) is 18.5. The number of benzene rings is 1. The first kappa shape index (κ1) is 24.0. The van der Waals surface area contributed by atoms with Crippen LogP contribution in [-0.4, -0.2) is 38.2 Å². The number of pyridine rings is 1. The fourth-order valence-corrected chi connectivity index (χ4v) is 4.04. The molecule has 1 amide bonds. The predicted octanol–water partition coefficient (Wildman–Crippen LogP) is 4.86. The van der Waals surface area contributed by atoms with Crippen molar-refractivity contribution in [3.05, 3.63) is 46.6 Å². The highest BCUT2D eigenvalue weighted by Crippen LogP contribution is 2.35. The second kappa shape index (κ2) is 9.85. The summed E-state index contributed by atoms with van der Waals surface area (Å²) in [7, 11) is 3.13. The van der Waals surface area contributed by atoms with Gasteiger partial charge in [-0.2, -0.15) is 13.2 Å². The molecule has 1 N–H and O–H groups in total. The first-order chi connectivity index (χ1) is 15.1. The number of hydrogen-bond donors (Lipinski definition) is 1. The van der Waals surface area contributed by atoms with E-state index in [-0.39, 0.29) is 22.9 Å². The lowest BCUT2D eigenvalue weighted by Crippen LogP contribution is -2.41. The van der Waals surface area contributed by atoms with E-state index in [0.29, 0.717) is 43.2 Å². The molecule has 1 aliphatic heterocycles. The smallest absolute Gasteiger partial charge is 0.417 e. The minimum atomic E-state index is -4.50. The number of rotatable bonds is 6. The molecule has 2 aromatic rings. The van der Waals surface area contributed by atoms with Crippen molar-refractivity contribution in [3.8, 4) is 11.5 Å². The number of hydrogen-bond acceptors (Lipinski definition) is 5. The molecule has 1 saturated heterocycles. The SMILES string of the molecule is COc1ccc(C(C)NC(=O)C2CCN(c3ncc(C(F)(F)F)cc3Cl)CC2)c(OC)c1. The van der Waals surface area contributed by atoms with Crippen LogP contribution < -0.4 is 19.7 Å². The van der Waals surface area contributed by atoms with Crippen LogP contribution in [0.15, 0.2) is 30.5 Å². The quantitative estimate of drug-likeness (QED) is 0.651. The number of aromatic nitrogens is 1. The molecule has 0 radical (unpaired) electrons. The van der Waals surface area contributed by atoms with Crippen LogP contribution in [0.1, 0.15) is 36.9 Å². The van der Waals surface area contributed by atoms with E-state index in [2.05, 4.69) is 10.3 Å². The summed E-state index contributed by atoms with van der Waals surface area (Å²) in [6.07, 6.45) is -2.64. The lowest BCUT2D eigenvalue weighted by Gasteiger charge is -2.33. The van der Waals surface area contributed by atoms with Crippen LogP contribution in [0.5, 0.6) is 11.5 Å². The Balaban J connectivity index is 1.60. The second-order valence-electron chi connectivity index (χ2n) is 7.63. The van der Waals surface area contributed by atoms with Crippen LogP contribution >= 0.6 is 11.6 Å². The van der Waals surface area contributed by atoms with E-state index in [0.717, 1.165) is 17.8 Å². The largest absolute Gasteiger partial charge is 0.497 e. The van der Waals surface area contributed by atoms with Crippen molar-refractivity contribution >= 4 is 23.3 Å². The number of ether oxygens (including phenoxy) is 2. The number of carbonyl (C=O) groups is 1. The Morgan fingerprint density at radius 1 is 1.22 bits per heavy atom. The van der Waals surface area contributed by atoms with Crippen LogP contribution in [0.4, 0.5) is 19.0 Å². The molecule has 1 aliphatic rings. The van der Waals surface area contributed by atoms with Gasteiger partial charge in [-0.15, -0.1) is 0 Å². The molecule has 174 valence electrons. The highest BCUT2D eigenvalue weighted by atomic mass is 35.5. The monoisotopic (exact) mass is 471 g/mol. The Morgan fingerprint density at radius 2 is 1.91 bits per heavy atom. The number of halogens is 4. The molecule has 0 spiro atoms. The number of amides is 1. The minimum Gasteiger partial charge on any atom is -0.497 e. The molecule has 3 rings (SSSR count). The van der Waals surface area contributed by atoms with Gasteiger partial charge in [-0.05, 0) is 38.0 Å². The number of carbonyl (C=O) groups excluding carboxylic acids is 1. The molecular formula is C22H25ClF3N3O3. The maximum Gasteiger partial charge on any atom is 0.417 e. The van der Waals surface area contributed by atoms with Crippen molar-refractivity contribution in [2.75, 3.05) is 32.2 Å². The average Bonchev–Trinajstić information content (AvgIpc) is 2.77. The number of alkyl halides is 3. The Hall–Kier alpha value is -2.68. The van der Waals surface area contributed by atoms with Crippen molar-refractivity contribution in [1.82, 2.24) is 10.3 Å². The molecule has 0 aliphatic carbocycles. The molecule has 0 bridgehead atoms. The summed E-state index contributed by atoms with van der Waals surface area (Å²) in [5.41, 5.74) is -0.0525. The zero-order valence-corrected chi connectivity index (χ0v) is 18.8.